The molecule has 0 N–H and O–H groups in total. The van der Waals surface area contributed by atoms with Crippen molar-refractivity contribution in [1.29, 1.82) is 0 Å². The van der Waals surface area contributed by atoms with E-state index < -0.39 is 0 Å². The zero-order chi connectivity index (χ0) is 41.8. The Kier molecular flexibility index (Phi) is 12.2. The van der Waals surface area contributed by atoms with Crippen LogP contribution in [0.25, 0.3) is 36.5 Å². The van der Waals surface area contributed by atoms with Gasteiger partial charge in [-0.05, 0) is 104 Å². The average molecular weight is 774 g/mol. The second kappa shape index (κ2) is 16.9. The summed E-state index contributed by atoms with van der Waals surface area (Å²) in [6.07, 6.45) is 11.2. The molecule has 1 nitrogen and oxygen atoms in total. The highest BCUT2D eigenvalue weighted by Crippen LogP contribution is 2.36. The highest BCUT2D eigenvalue weighted by Gasteiger charge is 2.18. The Morgan fingerprint density at radius 3 is 0.776 bits per heavy atom. The number of hydrogen-bond donors (Lipinski definition) is 0. The van der Waals surface area contributed by atoms with Crippen molar-refractivity contribution in [3.63, 3.8) is 0 Å². The molecule has 0 spiro atoms. The van der Waals surface area contributed by atoms with Crippen LogP contribution >= 0.6 is 0 Å². The normalized spacial score (nSPS) is 12.6. The van der Waals surface area contributed by atoms with Crippen LogP contribution in [-0.2, 0) is 16.2 Å². The molecule has 0 amide bonds. The maximum Gasteiger partial charge on any atom is 0.130 e. The molecule has 0 aliphatic carbocycles. The Bertz CT molecular complexity index is 2170. The summed E-state index contributed by atoms with van der Waals surface area (Å²) in [5, 5.41) is 0. The third kappa shape index (κ3) is 10.3. The lowest BCUT2D eigenvalue weighted by molar-refractivity contribution is 0.571. The summed E-state index contributed by atoms with van der Waals surface area (Å²) in [5.74, 6) is -0.722. The molecule has 0 unspecified atom stereocenters. The number of anilines is 3. The molecule has 0 saturated heterocycles. The van der Waals surface area contributed by atoms with Crippen molar-refractivity contribution in [2.45, 2.75) is 78.6 Å². The molecule has 0 aromatic heterocycles. The molecule has 6 aromatic carbocycles. The predicted octanol–water partition coefficient (Wildman–Crippen LogP) is 16.0. The molecule has 296 valence electrons. The van der Waals surface area contributed by atoms with Crippen molar-refractivity contribution in [3.8, 4) is 0 Å². The number of nitrogens with zero attached hydrogens (tertiary/aromatic N) is 1. The minimum absolute atomic E-state index is 0.129. The Morgan fingerprint density at radius 2 is 0.569 bits per heavy atom. The van der Waals surface area contributed by atoms with Crippen molar-refractivity contribution in [3.05, 3.63) is 195 Å². The molecule has 0 saturated carbocycles. The molecular weight excluding hydrogens is 720 g/mol. The van der Waals surface area contributed by atoms with Crippen molar-refractivity contribution in [2.75, 3.05) is 4.90 Å². The van der Waals surface area contributed by atoms with Crippen molar-refractivity contribution < 1.29 is 13.2 Å². The molecule has 6 rings (SSSR count). The van der Waals surface area contributed by atoms with Crippen LogP contribution in [0.1, 0.15) is 112 Å². The monoisotopic (exact) mass is 773 g/mol. The third-order valence-corrected chi connectivity index (χ3v) is 10.4. The summed E-state index contributed by atoms with van der Waals surface area (Å²) in [6, 6.07) is 40.7. The summed E-state index contributed by atoms with van der Waals surface area (Å²) in [7, 11) is 0. The first-order chi connectivity index (χ1) is 27.3. The maximum atomic E-state index is 15.0. The lowest BCUT2D eigenvalue weighted by Gasteiger charge is -2.26. The Hall–Kier alpha value is -5.87. The van der Waals surface area contributed by atoms with E-state index in [2.05, 4.69) is 104 Å². The van der Waals surface area contributed by atoms with Crippen molar-refractivity contribution in [1.82, 2.24) is 0 Å². The Labute approximate surface area is 343 Å². The van der Waals surface area contributed by atoms with Crippen LogP contribution in [0.2, 0.25) is 0 Å². The highest BCUT2D eigenvalue weighted by molar-refractivity contribution is 5.81. The van der Waals surface area contributed by atoms with Crippen LogP contribution in [0.4, 0.5) is 30.2 Å². The molecule has 58 heavy (non-hydrogen) atoms. The largest absolute Gasteiger partial charge is 0.311 e. The highest BCUT2D eigenvalue weighted by atomic mass is 19.1. The van der Waals surface area contributed by atoms with Crippen LogP contribution in [0.5, 0.6) is 0 Å². The predicted molar refractivity (Wildman–Crippen MR) is 243 cm³/mol. The van der Waals surface area contributed by atoms with E-state index in [9.17, 15) is 13.2 Å². The minimum atomic E-state index is -0.241. The number of rotatable bonds is 9. The molecule has 0 aliphatic heterocycles. The van der Waals surface area contributed by atoms with Gasteiger partial charge in [0.15, 0.2) is 0 Å². The lowest BCUT2D eigenvalue weighted by Crippen LogP contribution is -2.11. The van der Waals surface area contributed by atoms with Gasteiger partial charge in [0.25, 0.3) is 0 Å². The Balaban J connectivity index is 1.27. The molecular formula is C54H54F3N. The zero-order valence-corrected chi connectivity index (χ0v) is 35.2. The molecule has 4 heteroatoms. The number of benzene rings is 6. The molecule has 0 fully saturated rings. The fourth-order valence-corrected chi connectivity index (χ4v) is 6.60. The van der Waals surface area contributed by atoms with Crippen LogP contribution in [-0.4, -0.2) is 0 Å². The van der Waals surface area contributed by atoms with Gasteiger partial charge in [0.1, 0.15) is 17.5 Å². The fraction of sp³-hybridized carbons (Fsp3) is 0.222. The first kappa shape index (κ1) is 41.8. The quantitative estimate of drug-likeness (QED) is 0.132. The Morgan fingerprint density at radius 1 is 0.328 bits per heavy atom. The van der Waals surface area contributed by atoms with Gasteiger partial charge in [-0.3, -0.25) is 0 Å². The second-order valence-corrected chi connectivity index (χ2v) is 18.1. The minimum Gasteiger partial charge on any atom is -0.311 e. The van der Waals surface area contributed by atoms with Gasteiger partial charge in [-0.15, -0.1) is 0 Å². The first-order valence-corrected chi connectivity index (χ1v) is 19.9. The van der Waals surface area contributed by atoms with E-state index in [1.807, 2.05) is 109 Å². The van der Waals surface area contributed by atoms with Gasteiger partial charge in [0.05, 0.1) is 0 Å². The van der Waals surface area contributed by atoms with Crippen molar-refractivity contribution in [2.24, 2.45) is 0 Å². The molecule has 0 aliphatic rings. The number of hydrogen-bond acceptors (Lipinski definition) is 1. The van der Waals surface area contributed by atoms with Crippen LogP contribution in [0.15, 0.2) is 127 Å². The van der Waals surface area contributed by atoms with Gasteiger partial charge < -0.3 is 4.90 Å². The van der Waals surface area contributed by atoms with Gasteiger partial charge in [-0.25, -0.2) is 13.2 Å². The molecule has 0 heterocycles. The van der Waals surface area contributed by atoms with E-state index in [0.717, 1.165) is 50.4 Å². The summed E-state index contributed by atoms with van der Waals surface area (Å²) < 4.78 is 45.0. The van der Waals surface area contributed by atoms with Crippen molar-refractivity contribution >= 4 is 53.5 Å². The fourth-order valence-electron chi connectivity index (χ4n) is 6.60. The zero-order valence-electron chi connectivity index (χ0n) is 35.2. The summed E-state index contributed by atoms with van der Waals surface area (Å²) in [6.45, 7) is 18.7. The molecule has 6 aromatic rings. The third-order valence-electron chi connectivity index (χ3n) is 10.4. The molecule has 0 bridgehead atoms. The van der Waals surface area contributed by atoms with E-state index in [-0.39, 0.29) is 33.7 Å². The number of halogens is 3. The summed E-state index contributed by atoms with van der Waals surface area (Å²) >= 11 is 0. The van der Waals surface area contributed by atoms with E-state index in [0.29, 0.717) is 16.7 Å². The van der Waals surface area contributed by atoms with E-state index >= 15 is 0 Å². The van der Waals surface area contributed by atoms with Gasteiger partial charge in [0.2, 0.25) is 0 Å². The maximum absolute atomic E-state index is 15.0. The van der Waals surface area contributed by atoms with Crippen LogP contribution < -0.4 is 4.90 Å². The summed E-state index contributed by atoms with van der Waals surface area (Å²) in [4.78, 5) is 2.16. The van der Waals surface area contributed by atoms with Gasteiger partial charge in [-0.2, -0.15) is 0 Å². The van der Waals surface area contributed by atoms with E-state index in [1.165, 1.54) is 0 Å². The smallest absolute Gasteiger partial charge is 0.130 e. The molecule has 0 radical (unpaired) electrons. The van der Waals surface area contributed by atoms with Gasteiger partial charge in [0, 0.05) is 33.8 Å². The second-order valence-electron chi connectivity index (χ2n) is 18.1. The SMILES string of the molecule is CC(C)(C)c1ccc(/C=C/c2ccc(N(c3ccc(/C=C/c4ccc(C(C)(C)C)cc4F)cc3)c3ccc(/C=C/c4ccc(C(C)(C)C)cc4F)cc3)cc2)c(F)c1. The van der Waals surface area contributed by atoms with E-state index in [1.54, 1.807) is 18.2 Å². The molecule has 0 atom stereocenters. The summed E-state index contributed by atoms with van der Waals surface area (Å²) in [5.41, 5.74) is 9.73. The van der Waals surface area contributed by atoms with Gasteiger partial charge in [-0.1, -0.05) is 172 Å². The van der Waals surface area contributed by atoms with Crippen LogP contribution in [0, 0.1) is 17.5 Å². The van der Waals surface area contributed by atoms with E-state index in [4.69, 9.17) is 0 Å². The topological polar surface area (TPSA) is 3.24 Å². The average Bonchev–Trinajstić information content (AvgIpc) is 3.17. The van der Waals surface area contributed by atoms with Gasteiger partial charge >= 0.3 is 0 Å². The first-order valence-electron chi connectivity index (χ1n) is 19.9. The van der Waals surface area contributed by atoms with Crippen LogP contribution in [0.3, 0.4) is 0 Å². The lowest BCUT2D eigenvalue weighted by atomic mass is 9.86. The standard InChI is InChI=1S/C54H54F3N/c1-52(2,3)43-25-22-40(49(55)34-43)19-10-37-13-28-46(29-14-37)58(47-30-15-38(16-31-47)11-20-41-23-26-44(35-50(41)56)53(4,5)6)48-32-17-39(18-33-48)12-21-42-24-27-45(36-51(42)57)54(7,8)9/h10-36H,1-9H3/b19-10+,20-11+,21-12+.